The number of rotatable bonds is 9. The van der Waals surface area contributed by atoms with Gasteiger partial charge in [-0.1, -0.05) is 60.3 Å². The number of thioether (sulfide) groups is 1. The molecule has 0 spiro atoms. The summed E-state index contributed by atoms with van der Waals surface area (Å²) in [4.78, 5) is 12.6. The van der Waals surface area contributed by atoms with Gasteiger partial charge in [0.05, 0.1) is 24.9 Å². The molecule has 1 N–H and O–H groups in total. The van der Waals surface area contributed by atoms with Crippen molar-refractivity contribution in [2.24, 2.45) is 0 Å². The van der Waals surface area contributed by atoms with E-state index < -0.39 is 0 Å². The lowest BCUT2D eigenvalue weighted by Gasteiger charge is -2.12. The molecule has 160 valence electrons. The molecule has 4 rings (SSSR count). The Morgan fingerprint density at radius 3 is 2.71 bits per heavy atom. The number of furan rings is 1. The van der Waals surface area contributed by atoms with Gasteiger partial charge in [-0.25, -0.2) is 0 Å². The van der Waals surface area contributed by atoms with Gasteiger partial charge in [0.25, 0.3) is 0 Å². The molecule has 2 heterocycles. The van der Waals surface area contributed by atoms with Crippen LogP contribution in [0.25, 0.3) is 22.4 Å². The predicted octanol–water partition coefficient (Wildman–Crippen LogP) is 4.31. The summed E-state index contributed by atoms with van der Waals surface area (Å²) in [6, 6.07) is 19.4. The third-order valence-corrected chi connectivity index (χ3v) is 5.82. The number of benzene rings is 2. The first-order chi connectivity index (χ1) is 15.2. The van der Waals surface area contributed by atoms with Gasteiger partial charge in [-0.3, -0.25) is 9.36 Å². The number of nitrogens with zero attached hydrogens (tertiary/aromatic N) is 3. The van der Waals surface area contributed by atoms with Crippen LogP contribution in [0.3, 0.4) is 0 Å². The third kappa shape index (κ3) is 4.98. The number of carbonyl (C=O) groups is 1. The number of amides is 1. The predicted molar refractivity (Wildman–Crippen MR) is 121 cm³/mol. The summed E-state index contributed by atoms with van der Waals surface area (Å²) in [5.41, 5.74) is 1.79. The van der Waals surface area contributed by atoms with Crippen LogP contribution in [0.4, 0.5) is 0 Å². The van der Waals surface area contributed by atoms with Crippen LogP contribution >= 0.6 is 11.8 Å². The van der Waals surface area contributed by atoms with Crippen molar-refractivity contribution in [3.63, 3.8) is 0 Å². The Hall–Kier alpha value is -3.10. The van der Waals surface area contributed by atoms with Gasteiger partial charge in [0, 0.05) is 18.1 Å². The molecule has 0 radical (unpaired) electrons. The SMILES string of the molecule is COCCn1c(SCC(=O)N[C@H](C)c2cc3ccccc3o2)nnc1-c1ccccc1. The van der Waals surface area contributed by atoms with Crippen molar-refractivity contribution in [2.75, 3.05) is 19.5 Å². The summed E-state index contributed by atoms with van der Waals surface area (Å²) in [5, 5.41) is 13.3. The standard InChI is InChI=1S/C23H24N4O3S/c1-16(20-14-18-10-6-7-11-19(18)30-20)24-21(28)15-31-23-26-25-22(27(23)12-13-29-2)17-8-4-3-5-9-17/h3-11,14,16H,12-13,15H2,1-2H3,(H,24,28)/t16-/m1/s1. The number of aromatic nitrogens is 3. The first-order valence-electron chi connectivity index (χ1n) is 10.0. The minimum atomic E-state index is -0.230. The van der Waals surface area contributed by atoms with Crippen LogP contribution in [0.15, 0.2) is 70.2 Å². The van der Waals surface area contributed by atoms with E-state index in [0.717, 1.165) is 28.1 Å². The van der Waals surface area contributed by atoms with E-state index in [-0.39, 0.29) is 17.7 Å². The van der Waals surface area contributed by atoms with E-state index in [1.54, 1.807) is 7.11 Å². The lowest BCUT2D eigenvalue weighted by atomic mass is 10.2. The first kappa shape index (κ1) is 21.1. The summed E-state index contributed by atoms with van der Waals surface area (Å²) >= 11 is 1.35. The van der Waals surface area contributed by atoms with E-state index in [1.807, 2.05) is 72.2 Å². The molecule has 0 unspecified atom stereocenters. The Bertz CT molecular complexity index is 1120. The van der Waals surface area contributed by atoms with Crippen LogP contribution in [0.2, 0.25) is 0 Å². The van der Waals surface area contributed by atoms with E-state index in [0.29, 0.717) is 18.3 Å². The molecule has 0 saturated heterocycles. The number of para-hydroxylation sites is 1. The number of nitrogens with one attached hydrogen (secondary N) is 1. The van der Waals surface area contributed by atoms with Gasteiger partial charge in [0.1, 0.15) is 11.3 Å². The molecule has 7 nitrogen and oxygen atoms in total. The van der Waals surface area contributed by atoms with Crippen molar-refractivity contribution in [3.05, 3.63) is 66.4 Å². The summed E-state index contributed by atoms with van der Waals surface area (Å²) in [7, 11) is 1.66. The zero-order valence-corrected chi connectivity index (χ0v) is 18.3. The molecule has 0 aliphatic heterocycles. The second kappa shape index (κ2) is 9.80. The average molecular weight is 437 g/mol. The highest BCUT2D eigenvalue weighted by atomic mass is 32.2. The van der Waals surface area contributed by atoms with Gasteiger partial charge in [-0.15, -0.1) is 10.2 Å². The maximum absolute atomic E-state index is 12.6. The fraction of sp³-hybridized carbons (Fsp3) is 0.261. The van der Waals surface area contributed by atoms with Crippen molar-refractivity contribution < 1.29 is 13.9 Å². The molecule has 2 aromatic carbocycles. The number of methoxy groups -OCH3 is 1. The molecule has 4 aromatic rings. The molecule has 2 aromatic heterocycles. The van der Waals surface area contributed by atoms with E-state index in [1.165, 1.54) is 11.8 Å². The Morgan fingerprint density at radius 2 is 1.94 bits per heavy atom. The Morgan fingerprint density at radius 1 is 1.16 bits per heavy atom. The highest BCUT2D eigenvalue weighted by Crippen LogP contribution is 2.25. The molecule has 0 saturated carbocycles. The average Bonchev–Trinajstić information content (AvgIpc) is 3.41. The number of fused-ring (bicyclic) bond motifs is 1. The summed E-state index contributed by atoms with van der Waals surface area (Å²) in [6.07, 6.45) is 0. The molecular weight excluding hydrogens is 412 g/mol. The van der Waals surface area contributed by atoms with Gasteiger partial charge >= 0.3 is 0 Å². The number of carbonyl (C=O) groups excluding carboxylic acids is 1. The van der Waals surface area contributed by atoms with Crippen LogP contribution in [0.5, 0.6) is 0 Å². The topological polar surface area (TPSA) is 82.2 Å². The van der Waals surface area contributed by atoms with Gasteiger partial charge in [-0.2, -0.15) is 0 Å². The van der Waals surface area contributed by atoms with E-state index in [4.69, 9.17) is 9.15 Å². The van der Waals surface area contributed by atoms with Gasteiger partial charge in [0.2, 0.25) is 5.91 Å². The summed E-state index contributed by atoms with van der Waals surface area (Å²) in [6.45, 7) is 3.04. The van der Waals surface area contributed by atoms with Crippen molar-refractivity contribution in [1.82, 2.24) is 20.1 Å². The molecule has 1 amide bonds. The van der Waals surface area contributed by atoms with Crippen LogP contribution < -0.4 is 5.32 Å². The van der Waals surface area contributed by atoms with E-state index >= 15 is 0 Å². The lowest BCUT2D eigenvalue weighted by molar-refractivity contribution is -0.119. The number of ether oxygens (including phenoxy) is 1. The zero-order valence-electron chi connectivity index (χ0n) is 17.4. The fourth-order valence-corrected chi connectivity index (χ4v) is 4.06. The Balaban J connectivity index is 1.42. The van der Waals surface area contributed by atoms with Crippen LogP contribution in [0.1, 0.15) is 18.7 Å². The van der Waals surface area contributed by atoms with Gasteiger partial charge in [0.15, 0.2) is 11.0 Å². The fourth-order valence-electron chi connectivity index (χ4n) is 3.28. The normalized spacial score (nSPS) is 12.2. The third-order valence-electron chi connectivity index (χ3n) is 4.85. The molecule has 0 aliphatic carbocycles. The van der Waals surface area contributed by atoms with Crippen molar-refractivity contribution >= 4 is 28.6 Å². The van der Waals surface area contributed by atoms with Crippen molar-refractivity contribution in [1.29, 1.82) is 0 Å². The molecule has 31 heavy (non-hydrogen) atoms. The molecule has 1 atom stereocenters. The molecule has 8 heteroatoms. The van der Waals surface area contributed by atoms with E-state index in [9.17, 15) is 4.79 Å². The second-order valence-corrected chi connectivity index (χ2v) is 8.02. The molecular formula is C23H24N4O3S. The smallest absolute Gasteiger partial charge is 0.231 e. The summed E-state index contributed by atoms with van der Waals surface area (Å²) < 4.78 is 13.1. The highest BCUT2D eigenvalue weighted by molar-refractivity contribution is 7.99. The molecule has 0 fully saturated rings. The van der Waals surface area contributed by atoms with Crippen LogP contribution in [-0.4, -0.2) is 40.1 Å². The number of hydrogen-bond acceptors (Lipinski definition) is 6. The minimum absolute atomic E-state index is 0.0968. The van der Waals surface area contributed by atoms with Crippen molar-refractivity contribution in [3.8, 4) is 11.4 Å². The Kier molecular flexibility index (Phi) is 6.69. The van der Waals surface area contributed by atoms with Crippen LogP contribution in [0, 0.1) is 0 Å². The quantitative estimate of drug-likeness (QED) is 0.394. The highest BCUT2D eigenvalue weighted by Gasteiger charge is 2.18. The zero-order chi connectivity index (χ0) is 21.6. The Labute approximate surface area is 184 Å². The minimum Gasteiger partial charge on any atom is -0.459 e. The van der Waals surface area contributed by atoms with Gasteiger partial charge < -0.3 is 14.5 Å². The van der Waals surface area contributed by atoms with Gasteiger partial charge in [-0.05, 0) is 19.1 Å². The largest absolute Gasteiger partial charge is 0.459 e. The monoisotopic (exact) mass is 436 g/mol. The lowest BCUT2D eigenvalue weighted by Crippen LogP contribution is -2.28. The molecule has 0 bridgehead atoms. The maximum atomic E-state index is 12.6. The summed E-state index contributed by atoms with van der Waals surface area (Å²) in [5.74, 6) is 1.62. The van der Waals surface area contributed by atoms with E-state index in [2.05, 4.69) is 15.5 Å². The number of hydrogen-bond donors (Lipinski definition) is 1. The van der Waals surface area contributed by atoms with Crippen molar-refractivity contribution in [2.45, 2.75) is 24.7 Å². The molecule has 0 aliphatic rings. The first-order valence-corrected chi connectivity index (χ1v) is 11.0. The maximum Gasteiger partial charge on any atom is 0.231 e. The van der Waals surface area contributed by atoms with Crippen LogP contribution in [-0.2, 0) is 16.1 Å². The second-order valence-electron chi connectivity index (χ2n) is 7.08.